The van der Waals surface area contributed by atoms with E-state index in [0.29, 0.717) is 23.6 Å². The van der Waals surface area contributed by atoms with Gasteiger partial charge in [0.05, 0.1) is 5.56 Å². The summed E-state index contributed by atoms with van der Waals surface area (Å²) in [5, 5.41) is 3.84. The molecular weight excluding hydrogens is 266 g/mol. The number of hydrogen-bond acceptors (Lipinski definition) is 5. The van der Waals surface area contributed by atoms with Crippen molar-refractivity contribution in [2.24, 2.45) is 0 Å². The Morgan fingerprint density at radius 3 is 2.58 bits per heavy atom. The summed E-state index contributed by atoms with van der Waals surface area (Å²) in [6, 6.07) is 7.29. The van der Waals surface area contributed by atoms with Crippen molar-refractivity contribution in [1.82, 2.24) is 9.97 Å². The highest BCUT2D eigenvalue weighted by Gasteiger charge is 2.07. The Kier molecular flexibility index (Phi) is 3.91. The van der Waals surface area contributed by atoms with Crippen LogP contribution in [-0.2, 0) is 6.42 Å². The summed E-state index contributed by atoms with van der Waals surface area (Å²) in [5.41, 5.74) is 12.1. The lowest BCUT2D eigenvalue weighted by Gasteiger charge is -2.07. The van der Waals surface area contributed by atoms with Crippen LogP contribution >= 0.6 is 11.6 Å². The molecule has 2 aromatic rings. The number of anilines is 3. The SMILES string of the molecule is Nc1nc(N)c(CCNc2ccc(Cl)cc2)c(=O)[nH]1. The molecule has 6 N–H and O–H groups in total. The molecule has 0 fully saturated rings. The normalized spacial score (nSPS) is 10.4. The van der Waals surface area contributed by atoms with E-state index < -0.39 is 0 Å². The average molecular weight is 280 g/mol. The molecule has 0 atom stereocenters. The third-order valence-electron chi connectivity index (χ3n) is 2.61. The highest BCUT2D eigenvalue weighted by atomic mass is 35.5. The highest BCUT2D eigenvalue weighted by molar-refractivity contribution is 6.30. The van der Waals surface area contributed by atoms with Crippen molar-refractivity contribution in [2.45, 2.75) is 6.42 Å². The lowest BCUT2D eigenvalue weighted by molar-refractivity contribution is 0.966. The second-order valence-corrected chi connectivity index (χ2v) is 4.44. The number of rotatable bonds is 4. The second kappa shape index (κ2) is 5.62. The van der Waals surface area contributed by atoms with Crippen LogP contribution in [0.25, 0.3) is 0 Å². The van der Waals surface area contributed by atoms with Crippen LogP contribution in [0.5, 0.6) is 0 Å². The largest absolute Gasteiger partial charge is 0.385 e. The van der Waals surface area contributed by atoms with Gasteiger partial charge < -0.3 is 16.8 Å². The molecule has 7 heteroatoms. The van der Waals surface area contributed by atoms with Crippen LogP contribution in [0.1, 0.15) is 5.56 Å². The third kappa shape index (κ3) is 3.38. The molecule has 0 bridgehead atoms. The number of nitrogens with zero attached hydrogens (tertiary/aromatic N) is 1. The Morgan fingerprint density at radius 1 is 1.26 bits per heavy atom. The number of benzene rings is 1. The number of H-pyrrole nitrogens is 1. The molecule has 1 heterocycles. The van der Waals surface area contributed by atoms with Crippen molar-refractivity contribution in [3.05, 3.63) is 45.2 Å². The molecule has 0 spiro atoms. The standard InChI is InChI=1S/C12H14ClN5O/c13-7-1-3-8(4-2-7)16-6-5-9-10(14)17-12(15)18-11(9)19/h1-4,16H,5-6H2,(H5,14,15,17,18,19). The predicted molar refractivity (Wildman–Crippen MR) is 77.3 cm³/mol. The van der Waals surface area contributed by atoms with E-state index in [1.807, 2.05) is 12.1 Å². The molecule has 0 unspecified atom stereocenters. The molecule has 0 saturated heterocycles. The maximum absolute atomic E-state index is 11.6. The average Bonchev–Trinajstić information content (AvgIpc) is 2.34. The first-order chi connectivity index (χ1) is 9.06. The van der Waals surface area contributed by atoms with Crippen LogP contribution in [0.15, 0.2) is 29.1 Å². The van der Waals surface area contributed by atoms with Crippen LogP contribution in [0.2, 0.25) is 5.02 Å². The first-order valence-electron chi connectivity index (χ1n) is 5.70. The van der Waals surface area contributed by atoms with Crippen LogP contribution in [0.4, 0.5) is 17.5 Å². The molecule has 0 radical (unpaired) electrons. The molecule has 100 valence electrons. The van der Waals surface area contributed by atoms with Gasteiger partial charge >= 0.3 is 0 Å². The summed E-state index contributed by atoms with van der Waals surface area (Å²) in [4.78, 5) is 17.9. The molecule has 1 aromatic heterocycles. The predicted octanol–water partition coefficient (Wildman–Crippen LogP) is 1.24. The van der Waals surface area contributed by atoms with E-state index >= 15 is 0 Å². The summed E-state index contributed by atoms with van der Waals surface area (Å²) in [6.45, 7) is 0.556. The lowest BCUT2D eigenvalue weighted by Crippen LogP contribution is -2.21. The van der Waals surface area contributed by atoms with Gasteiger partial charge in [0, 0.05) is 17.3 Å². The van der Waals surface area contributed by atoms with Gasteiger partial charge in [0.2, 0.25) is 5.95 Å². The van der Waals surface area contributed by atoms with Crippen LogP contribution < -0.4 is 22.3 Å². The van der Waals surface area contributed by atoms with Gasteiger partial charge in [-0.25, -0.2) is 0 Å². The van der Waals surface area contributed by atoms with Gasteiger partial charge in [-0.05, 0) is 30.7 Å². The van der Waals surface area contributed by atoms with Crippen molar-refractivity contribution < 1.29 is 0 Å². The molecule has 2 rings (SSSR count). The van der Waals surface area contributed by atoms with Gasteiger partial charge in [-0.3, -0.25) is 9.78 Å². The fourth-order valence-electron chi connectivity index (χ4n) is 1.67. The maximum atomic E-state index is 11.6. The van der Waals surface area contributed by atoms with Crippen LogP contribution in [0, 0.1) is 0 Å². The van der Waals surface area contributed by atoms with Gasteiger partial charge in [-0.1, -0.05) is 11.6 Å². The Morgan fingerprint density at radius 2 is 1.95 bits per heavy atom. The Hall–Kier alpha value is -2.21. The first kappa shape index (κ1) is 13.2. The highest BCUT2D eigenvalue weighted by Crippen LogP contribution is 2.13. The maximum Gasteiger partial charge on any atom is 0.257 e. The van der Waals surface area contributed by atoms with E-state index in [4.69, 9.17) is 23.1 Å². The molecule has 0 aliphatic rings. The third-order valence-corrected chi connectivity index (χ3v) is 2.87. The summed E-state index contributed by atoms with van der Waals surface area (Å²) >= 11 is 5.79. The van der Waals surface area contributed by atoms with Crippen molar-refractivity contribution >= 4 is 29.1 Å². The van der Waals surface area contributed by atoms with Gasteiger partial charge in [-0.15, -0.1) is 0 Å². The monoisotopic (exact) mass is 279 g/mol. The number of halogens is 1. The van der Waals surface area contributed by atoms with Gasteiger partial charge in [0.1, 0.15) is 5.82 Å². The number of nitrogens with two attached hydrogens (primary N) is 2. The molecule has 0 saturated carbocycles. The number of aromatic nitrogens is 2. The van der Waals surface area contributed by atoms with E-state index in [1.165, 1.54) is 0 Å². The molecule has 6 nitrogen and oxygen atoms in total. The lowest BCUT2D eigenvalue weighted by atomic mass is 10.2. The number of nitrogen functional groups attached to an aromatic ring is 2. The van der Waals surface area contributed by atoms with Crippen molar-refractivity contribution in [3.8, 4) is 0 Å². The number of nitrogens with one attached hydrogen (secondary N) is 2. The minimum atomic E-state index is -0.303. The second-order valence-electron chi connectivity index (χ2n) is 4.00. The van der Waals surface area contributed by atoms with Gasteiger partial charge in [0.15, 0.2) is 0 Å². The zero-order valence-electron chi connectivity index (χ0n) is 10.1. The summed E-state index contributed by atoms with van der Waals surface area (Å²) < 4.78 is 0. The van der Waals surface area contributed by atoms with Gasteiger partial charge in [0.25, 0.3) is 5.56 Å². The van der Waals surface area contributed by atoms with E-state index in [2.05, 4.69) is 15.3 Å². The first-order valence-corrected chi connectivity index (χ1v) is 6.07. The fraction of sp³-hybridized carbons (Fsp3) is 0.167. The fourth-order valence-corrected chi connectivity index (χ4v) is 1.80. The van der Waals surface area contributed by atoms with E-state index in [0.717, 1.165) is 5.69 Å². The van der Waals surface area contributed by atoms with Crippen LogP contribution in [-0.4, -0.2) is 16.5 Å². The summed E-state index contributed by atoms with van der Waals surface area (Å²) in [7, 11) is 0. The van der Waals surface area contributed by atoms with E-state index in [9.17, 15) is 4.79 Å². The molecule has 0 aliphatic heterocycles. The van der Waals surface area contributed by atoms with Crippen molar-refractivity contribution in [2.75, 3.05) is 23.3 Å². The molecule has 1 aromatic carbocycles. The molecular formula is C12H14ClN5O. The Balaban J connectivity index is 2.00. The zero-order valence-corrected chi connectivity index (χ0v) is 10.9. The molecule has 0 aliphatic carbocycles. The van der Waals surface area contributed by atoms with Crippen LogP contribution in [0.3, 0.4) is 0 Å². The van der Waals surface area contributed by atoms with Crippen molar-refractivity contribution in [3.63, 3.8) is 0 Å². The quantitative estimate of drug-likeness (QED) is 0.673. The van der Waals surface area contributed by atoms with Crippen molar-refractivity contribution in [1.29, 1.82) is 0 Å². The summed E-state index contributed by atoms with van der Waals surface area (Å²) in [6.07, 6.45) is 0.455. The molecule has 19 heavy (non-hydrogen) atoms. The number of aromatic amines is 1. The zero-order chi connectivity index (χ0) is 13.8. The smallest absolute Gasteiger partial charge is 0.257 e. The van der Waals surface area contributed by atoms with E-state index in [1.54, 1.807) is 12.1 Å². The topological polar surface area (TPSA) is 110 Å². The van der Waals surface area contributed by atoms with Gasteiger partial charge in [-0.2, -0.15) is 4.98 Å². The Bertz CT molecular complexity index is 623. The minimum absolute atomic E-state index is 0.0249. The Labute approximate surface area is 114 Å². The molecule has 0 amide bonds. The minimum Gasteiger partial charge on any atom is -0.385 e. The summed E-state index contributed by atoms with van der Waals surface area (Å²) in [5.74, 6) is 0.191. The number of hydrogen-bond donors (Lipinski definition) is 4. The van der Waals surface area contributed by atoms with E-state index in [-0.39, 0.29) is 17.3 Å².